The highest BCUT2D eigenvalue weighted by Crippen LogP contribution is 2.41. The third-order valence-corrected chi connectivity index (χ3v) is 5.60. The number of hydrogen-bond donors (Lipinski definition) is 1. The quantitative estimate of drug-likeness (QED) is 0.925. The topological polar surface area (TPSA) is 66.8 Å². The molecule has 0 saturated carbocycles. The molecule has 2 bridgehead atoms. The first-order valence-corrected chi connectivity index (χ1v) is 8.35. The summed E-state index contributed by atoms with van der Waals surface area (Å²) in [6.07, 6.45) is 3.09. The second-order valence-corrected chi connectivity index (χ2v) is 6.92. The van der Waals surface area contributed by atoms with E-state index in [0.717, 1.165) is 24.8 Å². The summed E-state index contributed by atoms with van der Waals surface area (Å²) in [6, 6.07) is 9.67. The lowest BCUT2D eigenvalue weighted by atomic mass is 9.88. The van der Waals surface area contributed by atoms with Crippen molar-refractivity contribution in [2.75, 3.05) is 13.1 Å². The predicted molar refractivity (Wildman–Crippen MR) is 82.9 cm³/mol. The van der Waals surface area contributed by atoms with Gasteiger partial charge in [-0.1, -0.05) is 30.3 Å². The number of carbonyl (C=O) groups excluding carboxylic acids is 1. The molecule has 1 N–H and O–H groups in total. The van der Waals surface area contributed by atoms with E-state index in [4.69, 9.17) is 4.74 Å². The van der Waals surface area contributed by atoms with E-state index in [9.17, 15) is 14.7 Å². The maximum absolute atomic E-state index is 12.8. The molecule has 5 nitrogen and oxygen atoms in total. The molecule has 1 aromatic carbocycles. The lowest BCUT2D eigenvalue weighted by Gasteiger charge is -2.24. The average molecular weight is 315 g/mol. The monoisotopic (exact) mass is 315 g/mol. The van der Waals surface area contributed by atoms with Crippen LogP contribution in [0.1, 0.15) is 30.7 Å². The summed E-state index contributed by atoms with van der Waals surface area (Å²) in [6.45, 7) is 0.801. The van der Waals surface area contributed by atoms with Gasteiger partial charge in [0.2, 0.25) is 5.91 Å². The summed E-state index contributed by atoms with van der Waals surface area (Å²) >= 11 is 0. The van der Waals surface area contributed by atoms with Gasteiger partial charge < -0.3 is 14.7 Å². The van der Waals surface area contributed by atoms with Crippen LogP contribution >= 0.6 is 0 Å². The number of benzene rings is 1. The normalized spacial score (nSPS) is 35.7. The zero-order valence-electron chi connectivity index (χ0n) is 12.9. The van der Waals surface area contributed by atoms with Crippen LogP contribution in [0.4, 0.5) is 0 Å². The number of fused-ring (bicyclic) bond motifs is 2. The number of nitrogens with zero attached hydrogens (tertiary/aromatic N) is 1. The van der Waals surface area contributed by atoms with Gasteiger partial charge in [-0.15, -0.1) is 0 Å². The van der Waals surface area contributed by atoms with Crippen molar-refractivity contribution in [3.8, 4) is 0 Å². The Morgan fingerprint density at radius 2 is 1.87 bits per heavy atom. The van der Waals surface area contributed by atoms with Crippen LogP contribution in [0, 0.1) is 11.8 Å². The van der Waals surface area contributed by atoms with E-state index in [1.807, 2.05) is 30.3 Å². The largest absolute Gasteiger partial charge is 0.481 e. The molecule has 3 unspecified atom stereocenters. The molecular formula is C18H21NO4. The first kappa shape index (κ1) is 14.7. The van der Waals surface area contributed by atoms with Crippen molar-refractivity contribution < 1.29 is 19.4 Å². The smallest absolute Gasteiger partial charge is 0.308 e. The summed E-state index contributed by atoms with van der Waals surface area (Å²) in [5.74, 6) is -1.46. The van der Waals surface area contributed by atoms with Crippen molar-refractivity contribution in [2.24, 2.45) is 11.8 Å². The Kier molecular flexibility index (Phi) is 3.60. The van der Waals surface area contributed by atoms with E-state index in [0.29, 0.717) is 13.1 Å². The van der Waals surface area contributed by atoms with Crippen LogP contribution in [-0.4, -0.2) is 47.2 Å². The Morgan fingerprint density at radius 3 is 2.48 bits per heavy atom. The average Bonchev–Trinajstić information content (AvgIpc) is 3.29. The van der Waals surface area contributed by atoms with Crippen molar-refractivity contribution in [1.82, 2.24) is 4.90 Å². The van der Waals surface area contributed by atoms with Crippen molar-refractivity contribution in [2.45, 2.75) is 37.4 Å². The molecule has 3 aliphatic rings. The molecule has 3 aliphatic heterocycles. The van der Waals surface area contributed by atoms with E-state index >= 15 is 0 Å². The number of amides is 1. The number of ether oxygens (including phenoxy) is 1. The summed E-state index contributed by atoms with van der Waals surface area (Å²) in [4.78, 5) is 26.2. The van der Waals surface area contributed by atoms with E-state index in [-0.39, 0.29) is 30.0 Å². The molecule has 0 radical (unpaired) electrons. The summed E-state index contributed by atoms with van der Waals surface area (Å²) in [7, 11) is 0. The minimum atomic E-state index is -0.821. The van der Waals surface area contributed by atoms with E-state index in [1.165, 1.54) is 0 Å². The molecule has 0 aliphatic carbocycles. The Hall–Kier alpha value is -1.88. The summed E-state index contributed by atoms with van der Waals surface area (Å²) in [5.41, 5.74) is 0.999. The second-order valence-electron chi connectivity index (χ2n) is 6.92. The molecule has 3 saturated heterocycles. The Balaban J connectivity index is 1.52. The van der Waals surface area contributed by atoms with Crippen molar-refractivity contribution >= 4 is 11.9 Å². The fourth-order valence-corrected chi connectivity index (χ4v) is 4.40. The molecule has 122 valence electrons. The van der Waals surface area contributed by atoms with Gasteiger partial charge in [0, 0.05) is 19.0 Å². The van der Waals surface area contributed by atoms with Gasteiger partial charge in [-0.2, -0.15) is 0 Å². The van der Waals surface area contributed by atoms with Gasteiger partial charge in [0.1, 0.15) is 0 Å². The number of hydrogen-bond acceptors (Lipinski definition) is 3. The number of carbonyl (C=O) groups is 2. The molecule has 3 fully saturated rings. The van der Waals surface area contributed by atoms with E-state index < -0.39 is 11.9 Å². The van der Waals surface area contributed by atoms with Crippen LogP contribution < -0.4 is 0 Å². The fraction of sp³-hybridized carbons (Fsp3) is 0.556. The van der Waals surface area contributed by atoms with Gasteiger partial charge in [-0.3, -0.25) is 9.59 Å². The number of likely N-dealkylation sites (tertiary alicyclic amines) is 1. The molecule has 1 aromatic rings. The van der Waals surface area contributed by atoms with Crippen molar-refractivity contribution in [3.63, 3.8) is 0 Å². The van der Waals surface area contributed by atoms with Crippen molar-refractivity contribution in [3.05, 3.63) is 35.9 Å². The summed E-state index contributed by atoms with van der Waals surface area (Å²) < 4.78 is 5.79. The predicted octanol–water partition coefficient (Wildman–Crippen LogP) is 1.88. The van der Waals surface area contributed by atoms with Crippen LogP contribution in [0.25, 0.3) is 0 Å². The fourth-order valence-electron chi connectivity index (χ4n) is 4.40. The minimum absolute atomic E-state index is 0.0477. The highest BCUT2D eigenvalue weighted by atomic mass is 16.5. The van der Waals surface area contributed by atoms with Crippen LogP contribution in [0.5, 0.6) is 0 Å². The highest BCUT2D eigenvalue weighted by Gasteiger charge is 2.48. The third kappa shape index (κ3) is 2.53. The number of carboxylic acids is 1. The molecule has 5 atom stereocenters. The summed E-state index contributed by atoms with van der Waals surface area (Å²) in [5, 5.41) is 9.55. The SMILES string of the molecule is O=C(O)[C@@H]1CN(C(=O)C2CC3CCC2O3)C[C@@H]1c1ccccc1. The van der Waals surface area contributed by atoms with Gasteiger partial charge in [0.05, 0.1) is 24.0 Å². The maximum Gasteiger partial charge on any atom is 0.308 e. The zero-order valence-corrected chi connectivity index (χ0v) is 12.9. The number of aliphatic carboxylic acids is 1. The third-order valence-electron chi connectivity index (χ3n) is 5.60. The number of rotatable bonds is 3. The molecule has 3 heterocycles. The van der Waals surface area contributed by atoms with Gasteiger partial charge in [0.25, 0.3) is 0 Å². The van der Waals surface area contributed by atoms with Crippen LogP contribution in [0.2, 0.25) is 0 Å². The molecular weight excluding hydrogens is 294 g/mol. The van der Waals surface area contributed by atoms with Crippen molar-refractivity contribution in [1.29, 1.82) is 0 Å². The molecule has 1 amide bonds. The molecule has 23 heavy (non-hydrogen) atoms. The number of carboxylic acid groups (broad SMARTS) is 1. The van der Waals surface area contributed by atoms with Gasteiger partial charge in [-0.05, 0) is 24.8 Å². The van der Waals surface area contributed by atoms with Crippen LogP contribution in [0.15, 0.2) is 30.3 Å². The van der Waals surface area contributed by atoms with E-state index in [1.54, 1.807) is 4.90 Å². The Labute approximate surface area is 135 Å². The highest BCUT2D eigenvalue weighted by molar-refractivity contribution is 5.82. The van der Waals surface area contributed by atoms with E-state index in [2.05, 4.69) is 0 Å². The lowest BCUT2D eigenvalue weighted by molar-refractivity contribution is -0.142. The minimum Gasteiger partial charge on any atom is -0.481 e. The second kappa shape index (κ2) is 5.64. The van der Waals surface area contributed by atoms with Crippen LogP contribution in [-0.2, 0) is 14.3 Å². The first-order chi connectivity index (χ1) is 11.1. The molecule has 4 rings (SSSR count). The molecule has 5 heteroatoms. The Bertz CT molecular complexity index is 617. The van der Waals surface area contributed by atoms with Crippen LogP contribution in [0.3, 0.4) is 0 Å². The Morgan fingerprint density at radius 1 is 1.09 bits per heavy atom. The standard InChI is InChI=1S/C18H21NO4/c20-17(13-8-12-6-7-16(13)23-12)19-9-14(15(10-19)18(21)22)11-4-2-1-3-5-11/h1-5,12-16H,6-10H2,(H,21,22)/t12?,13?,14-,15-,16?/m1/s1. The zero-order chi connectivity index (χ0) is 16.0. The van der Waals surface area contributed by atoms with Gasteiger partial charge >= 0.3 is 5.97 Å². The first-order valence-electron chi connectivity index (χ1n) is 8.35. The van der Waals surface area contributed by atoms with Gasteiger partial charge in [0.15, 0.2) is 0 Å². The van der Waals surface area contributed by atoms with Gasteiger partial charge in [-0.25, -0.2) is 0 Å². The molecule has 0 aromatic heterocycles. The maximum atomic E-state index is 12.8. The lowest BCUT2D eigenvalue weighted by Crippen LogP contribution is -2.39. The molecule has 0 spiro atoms.